The van der Waals surface area contributed by atoms with Gasteiger partial charge in [0.15, 0.2) is 16.7 Å². The van der Waals surface area contributed by atoms with E-state index in [2.05, 4.69) is 4.74 Å². The van der Waals surface area contributed by atoms with Crippen molar-refractivity contribution < 1.29 is 28.2 Å². The van der Waals surface area contributed by atoms with Gasteiger partial charge in [-0.1, -0.05) is 42.5 Å². The number of carbonyl (C=O) groups excluding carboxylic acids is 2. The zero-order valence-corrected chi connectivity index (χ0v) is 22.0. The number of nitrogens with zero attached hydrogens (tertiary/aromatic N) is 2. The number of methoxy groups -OCH3 is 2. The maximum absolute atomic E-state index is 13.5. The first-order chi connectivity index (χ1) is 19.1. The van der Waals surface area contributed by atoms with E-state index in [1.165, 1.54) is 24.9 Å². The number of amides is 1. The third kappa shape index (κ3) is 5.89. The van der Waals surface area contributed by atoms with Crippen LogP contribution in [-0.4, -0.2) is 31.3 Å². The number of rotatable bonds is 8. The lowest BCUT2D eigenvalue weighted by molar-refractivity contribution is -0.113. The number of esters is 1. The molecule has 39 heavy (non-hydrogen) atoms. The van der Waals surface area contributed by atoms with Crippen molar-refractivity contribution in [2.24, 2.45) is 4.99 Å². The second-order valence-corrected chi connectivity index (χ2v) is 9.28. The minimum Gasteiger partial charge on any atom is -0.493 e. The Morgan fingerprint density at radius 1 is 0.949 bits per heavy atom. The van der Waals surface area contributed by atoms with Crippen molar-refractivity contribution >= 4 is 46.3 Å². The number of amidine groups is 1. The summed E-state index contributed by atoms with van der Waals surface area (Å²) in [6.07, 6.45) is 1.80. The Kier molecular flexibility index (Phi) is 7.79. The number of furan rings is 1. The molecule has 0 radical (unpaired) electrons. The van der Waals surface area contributed by atoms with Gasteiger partial charge in [0.05, 0.1) is 30.5 Å². The Hall–Kier alpha value is -4.76. The Balaban J connectivity index is 1.39. The highest BCUT2D eigenvalue weighted by molar-refractivity contribution is 8.19. The molecule has 0 aliphatic carbocycles. The molecule has 4 aromatic rings. The first kappa shape index (κ1) is 25.9. The van der Waals surface area contributed by atoms with Gasteiger partial charge in [0.2, 0.25) is 5.76 Å². The topological polar surface area (TPSA) is 90.6 Å². The van der Waals surface area contributed by atoms with Gasteiger partial charge in [-0.25, -0.2) is 9.79 Å². The van der Waals surface area contributed by atoms with Crippen molar-refractivity contribution in [3.8, 4) is 11.5 Å². The number of carbonyl (C=O) groups is 2. The Morgan fingerprint density at radius 3 is 2.41 bits per heavy atom. The highest BCUT2D eigenvalue weighted by Crippen LogP contribution is 2.38. The molecule has 0 unspecified atom stereocenters. The van der Waals surface area contributed by atoms with Crippen LogP contribution in [0.2, 0.25) is 0 Å². The minimum atomic E-state index is -0.557. The molecule has 1 fully saturated rings. The van der Waals surface area contributed by atoms with Gasteiger partial charge in [-0.3, -0.25) is 9.69 Å². The van der Waals surface area contributed by atoms with E-state index in [1.54, 1.807) is 36.3 Å². The number of benzene rings is 3. The van der Waals surface area contributed by atoms with E-state index in [9.17, 15) is 9.59 Å². The smallest absolute Gasteiger partial charge is 0.373 e. The fourth-order valence-electron chi connectivity index (χ4n) is 3.83. The Labute approximate surface area is 229 Å². The molecule has 0 bridgehead atoms. The number of hydrogen-bond donors (Lipinski definition) is 0. The summed E-state index contributed by atoms with van der Waals surface area (Å²) >= 11 is 1.31. The second-order valence-electron chi connectivity index (χ2n) is 8.27. The van der Waals surface area contributed by atoms with Gasteiger partial charge in [-0.15, -0.1) is 0 Å². The maximum Gasteiger partial charge on any atom is 0.373 e. The van der Waals surface area contributed by atoms with Crippen LogP contribution in [0.3, 0.4) is 0 Å². The van der Waals surface area contributed by atoms with Crippen LogP contribution >= 0.6 is 11.8 Å². The fraction of sp³-hybridized carbons (Fsp3) is 0.100. The molecule has 3 aromatic carbocycles. The molecule has 0 atom stereocenters. The third-order valence-corrected chi connectivity index (χ3v) is 6.67. The van der Waals surface area contributed by atoms with Crippen LogP contribution in [0.15, 0.2) is 105 Å². The number of aliphatic imine (C=N–C) groups is 1. The number of anilines is 1. The van der Waals surface area contributed by atoms with E-state index in [0.29, 0.717) is 27.3 Å². The average molecular weight is 541 g/mol. The molecule has 1 aliphatic heterocycles. The maximum atomic E-state index is 13.5. The number of ether oxygens (including phenoxy) is 3. The van der Waals surface area contributed by atoms with Crippen molar-refractivity contribution in [3.63, 3.8) is 0 Å². The number of hydrogen-bond acceptors (Lipinski definition) is 8. The summed E-state index contributed by atoms with van der Waals surface area (Å²) < 4.78 is 21.5. The van der Waals surface area contributed by atoms with Crippen molar-refractivity contribution in [2.75, 3.05) is 19.1 Å². The minimum absolute atomic E-state index is 0.0907. The molecule has 1 aromatic heterocycles. The fourth-order valence-corrected chi connectivity index (χ4v) is 4.83. The molecular formula is C30H24N2O6S. The van der Waals surface area contributed by atoms with Gasteiger partial charge in [0.25, 0.3) is 5.91 Å². The Morgan fingerprint density at radius 2 is 1.69 bits per heavy atom. The molecule has 5 rings (SSSR count). The van der Waals surface area contributed by atoms with Gasteiger partial charge in [-0.05, 0) is 71.9 Å². The van der Waals surface area contributed by atoms with Crippen LogP contribution in [0, 0.1) is 0 Å². The Bertz CT molecular complexity index is 1550. The summed E-state index contributed by atoms with van der Waals surface area (Å²) in [4.78, 5) is 32.0. The van der Waals surface area contributed by atoms with Crippen molar-refractivity contribution in [3.05, 3.63) is 113 Å². The largest absolute Gasteiger partial charge is 0.493 e. The molecular weight excluding hydrogens is 516 g/mol. The van der Waals surface area contributed by atoms with E-state index in [1.807, 2.05) is 66.7 Å². The standard InChI is InChI=1S/C30H24N2O6S/c1-35-26-17-20(13-15-24(26)37-19-23-14-16-25(38-23)29(34)36-2)18-27-28(33)32(22-11-7-4-8-12-22)30(39-27)31-21-9-5-3-6-10-21/h3-18H,19H2,1-2H3/b27-18+,31-30?. The predicted molar refractivity (Wildman–Crippen MR) is 150 cm³/mol. The van der Waals surface area contributed by atoms with Gasteiger partial charge < -0.3 is 18.6 Å². The number of para-hydroxylation sites is 2. The van der Waals surface area contributed by atoms with E-state index >= 15 is 0 Å². The van der Waals surface area contributed by atoms with Gasteiger partial charge in [0, 0.05) is 0 Å². The summed E-state index contributed by atoms with van der Waals surface area (Å²) in [5.74, 6) is 0.806. The lowest BCUT2D eigenvalue weighted by Gasteiger charge is -2.15. The molecule has 9 heteroatoms. The predicted octanol–water partition coefficient (Wildman–Crippen LogP) is 6.46. The average Bonchev–Trinajstić information content (AvgIpc) is 3.57. The highest BCUT2D eigenvalue weighted by atomic mass is 32.2. The van der Waals surface area contributed by atoms with Crippen LogP contribution < -0.4 is 14.4 Å². The molecule has 1 saturated heterocycles. The van der Waals surface area contributed by atoms with Crippen LogP contribution in [0.5, 0.6) is 11.5 Å². The van der Waals surface area contributed by atoms with Crippen molar-refractivity contribution in [1.29, 1.82) is 0 Å². The quantitative estimate of drug-likeness (QED) is 0.187. The lowest BCUT2D eigenvalue weighted by Crippen LogP contribution is -2.28. The van der Waals surface area contributed by atoms with Crippen LogP contribution in [0.25, 0.3) is 6.08 Å². The summed E-state index contributed by atoms with van der Waals surface area (Å²) in [5.41, 5.74) is 2.26. The molecule has 8 nitrogen and oxygen atoms in total. The lowest BCUT2D eigenvalue weighted by atomic mass is 10.1. The SMILES string of the molecule is COC(=O)c1ccc(COc2ccc(/C=C3/SC(=Nc4ccccc4)N(c4ccccc4)C3=O)cc2OC)o1. The molecule has 0 spiro atoms. The van der Waals surface area contributed by atoms with E-state index in [0.717, 1.165) is 16.9 Å². The van der Waals surface area contributed by atoms with Gasteiger partial charge >= 0.3 is 5.97 Å². The van der Waals surface area contributed by atoms with E-state index < -0.39 is 5.97 Å². The van der Waals surface area contributed by atoms with Crippen LogP contribution in [0.4, 0.5) is 11.4 Å². The molecule has 1 amide bonds. The highest BCUT2D eigenvalue weighted by Gasteiger charge is 2.34. The van der Waals surface area contributed by atoms with Gasteiger partial charge in [0.1, 0.15) is 12.4 Å². The van der Waals surface area contributed by atoms with Crippen molar-refractivity contribution in [2.45, 2.75) is 6.61 Å². The summed E-state index contributed by atoms with van der Waals surface area (Å²) in [5, 5.41) is 0.570. The van der Waals surface area contributed by atoms with E-state index in [4.69, 9.17) is 18.9 Å². The first-order valence-corrected chi connectivity index (χ1v) is 12.8. The molecule has 1 aliphatic rings. The zero-order chi connectivity index (χ0) is 27.2. The van der Waals surface area contributed by atoms with Crippen LogP contribution in [0.1, 0.15) is 21.9 Å². The zero-order valence-electron chi connectivity index (χ0n) is 21.2. The second kappa shape index (κ2) is 11.7. The van der Waals surface area contributed by atoms with E-state index in [-0.39, 0.29) is 18.3 Å². The molecule has 196 valence electrons. The third-order valence-electron chi connectivity index (χ3n) is 5.71. The molecule has 2 heterocycles. The summed E-state index contributed by atoms with van der Waals surface area (Å²) in [6.45, 7) is 0.0907. The molecule has 0 saturated carbocycles. The summed E-state index contributed by atoms with van der Waals surface area (Å²) in [6, 6.07) is 27.5. The van der Waals surface area contributed by atoms with Gasteiger partial charge in [-0.2, -0.15) is 0 Å². The first-order valence-electron chi connectivity index (χ1n) is 12.0. The number of thioether (sulfide) groups is 1. The molecule has 0 N–H and O–H groups in total. The normalized spacial score (nSPS) is 15.1. The summed E-state index contributed by atoms with van der Waals surface area (Å²) in [7, 11) is 2.83. The van der Waals surface area contributed by atoms with Crippen molar-refractivity contribution in [1.82, 2.24) is 0 Å². The monoisotopic (exact) mass is 540 g/mol. The van der Waals surface area contributed by atoms with Crippen LogP contribution in [-0.2, 0) is 16.1 Å².